The number of hydrogen-bond acceptors (Lipinski definition) is 8. The molecule has 1 amide bonds. The molecule has 0 aliphatic carbocycles. The maximum atomic E-state index is 12.6. The van der Waals surface area contributed by atoms with Gasteiger partial charge in [0.1, 0.15) is 17.1 Å². The molecule has 11 heteroatoms. The first kappa shape index (κ1) is 25.4. The molecule has 0 unspecified atom stereocenters. The minimum absolute atomic E-state index is 0.00989. The number of nitrogens with one attached hydrogen (secondary N) is 2. The van der Waals surface area contributed by atoms with Crippen molar-refractivity contribution in [2.24, 2.45) is 0 Å². The van der Waals surface area contributed by atoms with E-state index in [9.17, 15) is 29.5 Å². The lowest BCUT2D eigenvalue weighted by Crippen LogP contribution is -2.48. The second-order valence-electron chi connectivity index (χ2n) is 7.67. The molecule has 35 heavy (non-hydrogen) atoms. The highest BCUT2D eigenvalue weighted by atomic mass is 16.5. The molecule has 10 nitrogen and oxygen atoms in total. The van der Waals surface area contributed by atoms with Crippen LogP contribution in [0.15, 0.2) is 66.9 Å². The van der Waals surface area contributed by atoms with Gasteiger partial charge < -0.3 is 30.5 Å². The number of hydrogen-bond donors (Lipinski definition) is 5. The summed E-state index contributed by atoms with van der Waals surface area (Å²) in [7, 11) is -1.93. The van der Waals surface area contributed by atoms with E-state index in [-0.39, 0.29) is 36.2 Å². The molecular formula is C24H24BN3O7. The molecule has 0 fully saturated rings. The van der Waals surface area contributed by atoms with E-state index >= 15 is 0 Å². The van der Waals surface area contributed by atoms with Crippen molar-refractivity contribution >= 4 is 31.3 Å². The highest BCUT2D eigenvalue weighted by molar-refractivity contribution is 6.43. The van der Waals surface area contributed by atoms with E-state index in [0.29, 0.717) is 12.1 Å². The molecule has 180 valence electrons. The maximum Gasteiger partial charge on any atom is 0.475 e. The number of carboxylic acid groups (broad SMARTS) is 1. The second kappa shape index (κ2) is 12.3. The molecule has 0 spiro atoms. The number of ether oxygens (including phenoxy) is 1. The van der Waals surface area contributed by atoms with Crippen molar-refractivity contribution in [3.8, 4) is 5.75 Å². The SMILES string of the molecule is O=COc1c(C[C@H](NC(=O)Cc2ccc(CNc3ccccn3)cc2)B(O)O)cccc1C(=O)O. The summed E-state index contributed by atoms with van der Waals surface area (Å²) in [5.74, 6) is -2.41. The molecule has 0 aliphatic rings. The zero-order valence-corrected chi connectivity index (χ0v) is 18.6. The number of carbonyl (C=O) groups is 3. The van der Waals surface area contributed by atoms with Gasteiger partial charge >= 0.3 is 13.1 Å². The van der Waals surface area contributed by atoms with Crippen molar-refractivity contribution in [2.75, 3.05) is 5.32 Å². The number of aromatic nitrogens is 1. The first-order valence-corrected chi connectivity index (χ1v) is 10.7. The summed E-state index contributed by atoms with van der Waals surface area (Å²) in [5.41, 5.74) is 1.67. The normalized spacial score (nSPS) is 11.3. The van der Waals surface area contributed by atoms with E-state index in [0.717, 1.165) is 11.4 Å². The third kappa shape index (κ3) is 7.39. The lowest BCUT2D eigenvalue weighted by Gasteiger charge is -2.19. The van der Waals surface area contributed by atoms with Gasteiger partial charge in [-0.15, -0.1) is 0 Å². The first-order valence-electron chi connectivity index (χ1n) is 10.7. The monoisotopic (exact) mass is 477 g/mol. The quantitative estimate of drug-likeness (QED) is 0.191. The Morgan fingerprint density at radius 2 is 1.77 bits per heavy atom. The minimum atomic E-state index is -1.93. The van der Waals surface area contributed by atoms with Crippen LogP contribution in [0, 0.1) is 0 Å². The largest absolute Gasteiger partial charge is 0.478 e. The van der Waals surface area contributed by atoms with E-state index in [1.165, 1.54) is 18.2 Å². The van der Waals surface area contributed by atoms with Crippen LogP contribution < -0.4 is 15.4 Å². The zero-order valence-electron chi connectivity index (χ0n) is 18.6. The van der Waals surface area contributed by atoms with Crippen LogP contribution in [0.3, 0.4) is 0 Å². The highest BCUT2D eigenvalue weighted by Gasteiger charge is 2.28. The molecule has 0 bridgehead atoms. The molecule has 1 atom stereocenters. The molecule has 2 aromatic carbocycles. The molecule has 1 heterocycles. The van der Waals surface area contributed by atoms with Gasteiger partial charge in [0.15, 0.2) is 0 Å². The number of rotatable bonds is 12. The van der Waals surface area contributed by atoms with Gasteiger partial charge in [0, 0.05) is 12.7 Å². The molecule has 0 radical (unpaired) electrons. The fourth-order valence-corrected chi connectivity index (χ4v) is 3.45. The number of carboxylic acids is 1. The summed E-state index contributed by atoms with van der Waals surface area (Å²) >= 11 is 0. The van der Waals surface area contributed by atoms with Gasteiger partial charge in [0.05, 0.1) is 12.4 Å². The molecule has 3 rings (SSSR count). The summed E-state index contributed by atoms with van der Waals surface area (Å²) in [6, 6.07) is 17.1. The second-order valence-corrected chi connectivity index (χ2v) is 7.67. The Kier molecular flexibility index (Phi) is 8.93. The molecule has 0 saturated carbocycles. The van der Waals surface area contributed by atoms with Crippen LogP contribution in [0.4, 0.5) is 5.82 Å². The predicted octanol–water partition coefficient (Wildman–Crippen LogP) is 1.21. The third-order valence-corrected chi connectivity index (χ3v) is 5.17. The first-order chi connectivity index (χ1) is 16.9. The van der Waals surface area contributed by atoms with E-state index in [1.54, 1.807) is 18.3 Å². The van der Waals surface area contributed by atoms with Crippen LogP contribution in [-0.2, 0) is 29.0 Å². The molecule has 1 aromatic heterocycles. The number of pyridine rings is 1. The van der Waals surface area contributed by atoms with Crippen LogP contribution in [0.1, 0.15) is 27.0 Å². The Hall–Kier alpha value is -4.22. The standard InChI is InChI=1S/C24H24BN3O7/c29-15-35-23-18(4-3-5-19(23)24(31)32)13-20(25(33)34)28-22(30)12-16-7-9-17(10-8-16)14-27-21-6-1-2-11-26-21/h1-11,15,20,33-34H,12-14H2,(H,26,27)(H,28,30)(H,31,32)/t20-/m0/s1. The van der Waals surface area contributed by atoms with E-state index in [1.807, 2.05) is 30.3 Å². The summed E-state index contributed by atoms with van der Waals surface area (Å²) in [4.78, 5) is 39.0. The van der Waals surface area contributed by atoms with Crippen molar-refractivity contribution in [3.05, 3.63) is 89.1 Å². The van der Waals surface area contributed by atoms with Gasteiger partial charge in [-0.3, -0.25) is 9.59 Å². The number of carbonyl (C=O) groups excluding carboxylic acids is 2. The van der Waals surface area contributed by atoms with Crippen LogP contribution in [0.25, 0.3) is 0 Å². The molecule has 5 N–H and O–H groups in total. The number of anilines is 1. The summed E-state index contributed by atoms with van der Waals surface area (Å²) in [6.07, 6.45) is 1.51. The molecule has 0 saturated heterocycles. The number of para-hydroxylation sites is 1. The van der Waals surface area contributed by atoms with Crippen molar-refractivity contribution in [1.29, 1.82) is 0 Å². The Morgan fingerprint density at radius 3 is 2.40 bits per heavy atom. The van der Waals surface area contributed by atoms with E-state index in [4.69, 9.17) is 4.74 Å². The average molecular weight is 477 g/mol. The van der Waals surface area contributed by atoms with Crippen molar-refractivity contribution < 1.29 is 34.3 Å². The van der Waals surface area contributed by atoms with Crippen molar-refractivity contribution in [3.63, 3.8) is 0 Å². The number of nitrogens with zero attached hydrogens (tertiary/aromatic N) is 1. The van der Waals surface area contributed by atoms with Gasteiger partial charge in [-0.1, -0.05) is 42.5 Å². The fourth-order valence-electron chi connectivity index (χ4n) is 3.45. The fraction of sp³-hybridized carbons (Fsp3) is 0.167. The zero-order chi connectivity index (χ0) is 25.2. The van der Waals surface area contributed by atoms with Crippen molar-refractivity contribution in [2.45, 2.75) is 25.3 Å². The average Bonchev–Trinajstić information content (AvgIpc) is 2.84. The maximum absolute atomic E-state index is 12.6. The predicted molar refractivity (Wildman–Crippen MR) is 128 cm³/mol. The molecule has 0 aliphatic heterocycles. The summed E-state index contributed by atoms with van der Waals surface area (Å²) < 4.78 is 4.82. The Morgan fingerprint density at radius 1 is 1.03 bits per heavy atom. The number of benzene rings is 2. The van der Waals surface area contributed by atoms with Crippen LogP contribution in [0.5, 0.6) is 5.75 Å². The topological polar surface area (TPSA) is 158 Å². The Balaban J connectivity index is 1.62. The van der Waals surface area contributed by atoms with Gasteiger partial charge in [0.2, 0.25) is 5.91 Å². The number of amides is 1. The van der Waals surface area contributed by atoms with Crippen LogP contribution >= 0.6 is 0 Å². The summed E-state index contributed by atoms with van der Waals surface area (Å²) in [6.45, 7) is 0.645. The van der Waals surface area contributed by atoms with Crippen molar-refractivity contribution in [1.82, 2.24) is 10.3 Å². The van der Waals surface area contributed by atoms with E-state index < -0.39 is 24.9 Å². The third-order valence-electron chi connectivity index (χ3n) is 5.17. The number of aromatic carboxylic acids is 1. The lowest BCUT2D eigenvalue weighted by molar-refractivity contribution is -0.121. The highest BCUT2D eigenvalue weighted by Crippen LogP contribution is 2.25. The lowest BCUT2D eigenvalue weighted by atomic mass is 9.75. The van der Waals surface area contributed by atoms with Gasteiger partial charge in [-0.25, -0.2) is 9.78 Å². The van der Waals surface area contributed by atoms with Gasteiger partial charge in [0.25, 0.3) is 6.47 Å². The van der Waals surface area contributed by atoms with Gasteiger partial charge in [-0.2, -0.15) is 0 Å². The van der Waals surface area contributed by atoms with E-state index in [2.05, 4.69) is 15.6 Å². The van der Waals surface area contributed by atoms with Crippen LogP contribution in [0.2, 0.25) is 0 Å². The summed E-state index contributed by atoms with van der Waals surface area (Å²) in [5, 5.41) is 34.6. The molecule has 3 aromatic rings. The van der Waals surface area contributed by atoms with Crippen LogP contribution in [-0.4, -0.2) is 51.5 Å². The smallest absolute Gasteiger partial charge is 0.475 e. The van der Waals surface area contributed by atoms with Gasteiger partial charge in [-0.05, 0) is 41.3 Å². The Bertz CT molecular complexity index is 1160. The minimum Gasteiger partial charge on any atom is -0.478 e. The Labute approximate surface area is 201 Å². The molecular weight excluding hydrogens is 453 g/mol.